The van der Waals surface area contributed by atoms with Gasteiger partial charge in [0.2, 0.25) is 0 Å². The highest BCUT2D eigenvalue weighted by Gasteiger charge is 2.10. The van der Waals surface area contributed by atoms with Gasteiger partial charge >= 0.3 is 0 Å². The van der Waals surface area contributed by atoms with Crippen LogP contribution in [-0.4, -0.2) is 17.3 Å². The molecule has 0 bridgehead atoms. The van der Waals surface area contributed by atoms with E-state index in [0.29, 0.717) is 6.61 Å². The first kappa shape index (κ1) is 13.2. The molecule has 0 saturated carbocycles. The number of hydrogen-bond acceptors (Lipinski definition) is 2. The van der Waals surface area contributed by atoms with E-state index in [0.717, 1.165) is 25.9 Å². The highest BCUT2D eigenvalue weighted by Crippen LogP contribution is 2.12. The predicted molar refractivity (Wildman–Crippen MR) is 66.2 cm³/mol. The van der Waals surface area contributed by atoms with E-state index >= 15 is 0 Å². The molecule has 0 saturated heterocycles. The summed E-state index contributed by atoms with van der Waals surface area (Å²) in [4.78, 5) is 0. The molecule has 0 atom stereocenters. The molecule has 90 valence electrons. The standard InChI is InChI=1S/C14H22O2/c1-14(2,15)10-6-7-11-16-12-13-8-4-3-5-9-13/h3-5,8-9,15H,6-7,10-12H2,1-2H3. The molecular weight excluding hydrogens is 200 g/mol. The van der Waals surface area contributed by atoms with Crippen LogP contribution in [0.2, 0.25) is 0 Å². The summed E-state index contributed by atoms with van der Waals surface area (Å²) in [6.07, 6.45) is 2.86. The van der Waals surface area contributed by atoms with Crippen LogP contribution in [0, 0.1) is 0 Å². The maximum atomic E-state index is 9.51. The molecule has 1 aromatic carbocycles. The molecule has 0 radical (unpaired) electrons. The van der Waals surface area contributed by atoms with Gasteiger partial charge in [0.15, 0.2) is 0 Å². The Morgan fingerprint density at radius 3 is 2.44 bits per heavy atom. The van der Waals surface area contributed by atoms with Gasteiger partial charge < -0.3 is 9.84 Å². The van der Waals surface area contributed by atoms with Crippen molar-refractivity contribution in [2.45, 2.75) is 45.3 Å². The van der Waals surface area contributed by atoms with Gasteiger partial charge in [0.05, 0.1) is 12.2 Å². The third-order valence-electron chi connectivity index (χ3n) is 2.44. The zero-order chi connectivity index (χ0) is 11.9. The number of ether oxygens (including phenoxy) is 1. The Morgan fingerprint density at radius 2 is 1.81 bits per heavy atom. The van der Waals surface area contributed by atoms with Crippen LogP contribution in [0.25, 0.3) is 0 Å². The summed E-state index contributed by atoms with van der Waals surface area (Å²) in [7, 11) is 0. The molecule has 0 amide bonds. The van der Waals surface area contributed by atoms with Crippen molar-refractivity contribution in [3.63, 3.8) is 0 Å². The summed E-state index contributed by atoms with van der Waals surface area (Å²) < 4.78 is 5.55. The van der Waals surface area contributed by atoms with Gasteiger partial charge in [0.1, 0.15) is 0 Å². The Morgan fingerprint density at radius 1 is 1.12 bits per heavy atom. The second kappa shape index (κ2) is 6.66. The number of rotatable bonds is 7. The first-order valence-electron chi connectivity index (χ1n) is 5.92. The van der Waals surface area contributed by atoms with Crippen molar-refractivity contribution in [1.29, 1.82) is 0 Å². The number of aliphatic hydroxyl groups is 1. The minimum absolute atomic E-state index is 0.542. The Balaban J connectivity index is 2.01. The third kappa shape index (κ3) is 6.59. The van der Waals surface area contributed by atoms with Crippen molar-refractivity contribution in [1.82, 2.24) is 0 Å². The van der Waals surface area contributed by atoms with Gasteiger partial charge in [-0.15, -0.1) is 0 Å². The molecule has 1 aromatic rings. The fourth-order valence-electron chi connectivity index (χ4n) is 1.53. The van der Waals surface area contributed by atoms with E-state index in [1.807, 2.05) is 32.0 Å². The molecule has 0 aromatic heterocycles. The van der Waals surface area contributed by atoms with E-state index in [9.17, 15) is 5.11 Å². The van der Waals surface area contributed by atoms with Crippen LogP contribution < -0.4 is 0 Å². The highest BCUT2D eigenvalue weighted by atomic mass is 16.5. The summed E-state index contributed by atoms with van der Waals surface area (Å²) >= 11 is 0. The normalized spacial score (nSPS) is 11.7. The van der Waals surface area contributed by atoms with Crippen LogP contribution in [0.5, 0.6) is 0 Å². The lowest BCUT2D eigenvalue weighted by atomic mass is 10.0. The molecule has 16 heavy (non-hydrogen) atoms. The van der Waals surface area contributed by atoms with Gasteiger partial charge in [-0.05, 0) is 38.7 Å². The fraction of sp³-hybridized carbons (Fsp3) is 0.571. The van der Waals surface area contributed by atoms with Gasteiger partial charge in [0, 0.05) is 6.61 Å². The van der Waals surface area contributed by atoms with Crippen LogP contribution >= 0.6 is 0 Å². The van der Waals surface area contributed by atoms with Crippen LogP contribution in [0.15, 0.2) is 30.3 Å². The van der Waals surface area contributed by atoms with Crippen LogP contribution in [0.1, 0.15) is 38.7 Å². The van der Waals surface area contributed by atoms with Gasteiger partial charge in [0.25, 0.3) is 0 Å². The summed E-state index contributed by atoms with van der Waals surface area (Å²) in [6.45, 7) is 5.14. The first-order chi connectivity index (χ1) is 7.58. The average Bonchev–Trinajstić information content (AvgIpc) is 2.23. The van der Waals surface area contributed by atoms with Crippen molar-refractivity contribution >= 4 is 0 Å². The highest BCUT2D eigenvalue weighted by molar-refractivity contribution is 5.13. The van der Waals surface area contributed by atoms with E-state index in [-0.39, 0.29) is 0 Å². The molecule has 2 nitrogen and oxygen atoms in total. The summed E-state index contributed by atoms with van der Waals surface area (Å²) in [6, 6.07) is 10.2. The Labute approximate surface area is 98.3 Å². The molecule has 2 heteroatoms. The molecule has 0 aliphatic rings. The molecule has 1 rings (SSSR count). The molecular formula is C14H22O2. The SMILES string of the molecule is CC(C)(O)CCCCOCc1ccccc1. The van der Waals surface area contributed by atoms with E-state index in [2.05, 4.69) is 12.1 Å². The Hall–Kier alpha value is -0.860. The van der Waals surface area contributed by atoms with E-state index < -0.39 is 5.60 Å². The minimum atomic E-state index is -0.542. The van der Waals surface area contributed by atoms with E-state index in [1.54, 1.807) is 0 Å². The van der Waals surface area contributed by atoms with Gasteiger partial charge in [-0.1, -0.05) is 30.3 Å². The molecule has 1 N–H and O–H groups in total. The zero-order valence-electron chi connectivity index (χ0n) is 10.3. The fourth-order valence-corrected chi connectivity index (χ4v) is 1.53. The topological polar surface area (TPSA) is 29.5 Å². The monoisotopic (exact) mass is 222 g/mol. The summed E-state index contributed by atoms with van der Waals surface area (Å²) in [5.74, 6) is 0. The maximum absolute atomic E-state index is 9.51. The molecule has 0 aliphatic carbocycles. The minimum Gasteiger partial charge on any atom is -0.390 e. The third-order valence-corrected chi connectivity index (χ3v) is 2.44. The van der Waals surface area contributed by atoms with Gasteiger partial charge in [-0.3, -0.25) is 0 Å². The van der Waals surface area contributed by atoms with Gasteiger partial charge in [-0.25, -0.2) is 0 Å². The van der Waals surface area contributed by atoms with Crippen molar-refractivity contribution in [3.8, 4) is 0 Å². The van der Waals surface area contributed by atoms with Crippen molar-refractivity contribution in [2.24, 2.45) is 0 Å². The van der Waals surface area contributed by atoms with Gasteiger partial charge in [-0.2, -0.15) is 0 Å². The van der Waals surface area contributed by atoms with E-state index in [1.165, 1.54) is 5.56 Å². The lowest BCUT2D eigenvalue weighted by Gasteiger charge is -2.16. The van der Waals surface area contributed by atoms with Crippen LogP contribution in [-0.2, 0) is 11.3 Å². The smallest absolute Gasteiger partial charge is 0.0716 e. The van der Waals surface area contributed by atoms with Crippen LogP contribution in [0.3, 0.4) is 0 Å². The second-order valence-corrected chi connectivity index (χ2v) is 4.81. The number of hydrogen-bond donors (Lipinski definition) is 1. The average molecular weight is 222 g/mol. The Bertz CT molecular complexity index is 275. The Kier molecular flexibility index (Phi) is 5.50. The van der Waals surface area contributed by atoms with Crippen molar-refractivity contribution in [3.05, 3.63) is 35.9 Å². The van der Waals surface area contributed by atoms with Crippen molar-refractivity contribution < 1.29 is 9.84 Å². The molecule has 0 aliphatic heterocycles. The number of benzene rings is 1. The molecule has 0 fully saturated rings. The van der Waals surface area contributed by atoms with E-state index in [4.69, 9.17) is 4.74 Å². The predicted octanol–water partition coefficient (Wildman–Crippen LogP) is 3.14. The van der Waals surface area contributed by atoms with Crippen LogP contribution in [0.4, 0.5) is 0 Å². The van der Waals surface area contributed by atoms with Crippen molar-refractivity contribution in [2.75, 3.05) is 6.61 Å². The molecule has 0 unspecified atom stereocenters. The molecule has 0 spiro atoms. The zero-order valence-corrected chi connectivity index (χ0v) is 10.3. The molecule has 0 heterocycles. The first-order valence-corrected chi connectivity index (χ1v) is 5.92. The summed E-state index contributed by atoms with van der Waals surface area (Å²) in [5.41, 5.74) is 0.671. The lowest BCUT2D eigenvalue weighted by molar-refractivity contribution is 0.0615. The lowest BCUT2D eigenvalue weighted by Crippen LogP contribution is -2.18. The largest absolute Gasteiger partial charge is 0.390 e. The number of unbranched alkanes of at least 4 members (excludes halogenated alkanes) is 1. The summed E-state index contributed by atoms with van der Waals surface area (Å²) in [5, 5.41) is 9.51. The second-order valence-electron chi connectivity index (χ2n) is 4.81. The quantitative estimate of drug-likeness (QED) is 0.718. The maximum Gasteiger partial charge on any atom is 0.0716 e.